The standard InChI is InChI=1S/C8H15N3O.C6H5Cl.2CH4/c1-8(2,3)7(12)4-11-6-9-5-10-11;7-6-4-2-1-3-5-6;;/h5-7,12H,4H2,1-3H3;1-5H;2*1H4. The molecule has 0 aliphatic rings. The van der Waals surface area contributed by atoms with Crippen molar-refractivity contribution in [1.82, 2.24) is 14.8 Å². The van der Waals surface area contributed by atoms with Crippen LogP contribution in [0, 0.1) is 5.41 Å². The van der Waals surface area contributed by atoms with Crippen molar-refractivity contribution in [3.8, 4) is 0 Å². The highest BCUT2D eigenvalue weighted by Gasteiger charge is 2.22. The maximum atomic E-state index is 9.67. The highest BCUT2D eigenvalue weighted by atomic mass is 35.5. The second-order valence-electron chi connectivity index (χ2n) is 5.29. The Bertz CT molecular complexity index is 452. The van der Waals surface area contributed by atoms with E-state index in [4.69, 9.17) is 11.6 Å². The van der Waals surface area contributed by atoms with Crippen LogP contribution in [0.3, 0.4) is 0 Å². The molecule has 1 unspecified atom stereocenters. The summed E-state index contributed by atoms with van der Waals surface area (Å²) >= 11 is 5.54. The fraction of sp³-hybridized carbons (Fsp3) is 0.500. The molecule has 1 atom stereocenters. The van der Waals surface area contributed by atoms with Crippen LogP contribution in [-0.2, 0) is 6.54 Å². The molecular formula is C16H28ClN3O. The van der Waals surface area contributed by atoms with Crippen LogP contribution in [0.15, 0.2) is 43.0 Å². The normalized spacial score (nSPS) is 11.3. The lowest BCUT2D eigenvalue weighted by molar-refractivity contribution is 0.0450. The van der Waals surface area contributed by atoms with Crippen LogP contribution in [-0.4, -0.2) is 26.0 Å². The Kier molecular flexibility index (Phi) is 10.8. The third-order valence-corrected chi connectivity index (χ3v) is 2.81. The van der Waals surface area contributed by atoms with Crippen molar-refractivity contribution in [3.05, 3.63) is 48.0 Å². The third-order valence-electron chi connectivity index (χ3n) is 2.56. The van der Waals surface area contributed by atoms with Gasteiger partial charge in [0.1, 0.15) is 12.7 Å². The summed E-state index contributed by atoms with van der Waals surface area (Å²) in [6, 6.07) is 9.44. The zero-order valence-electron chi connectivity index (χ0n) is 11.5. The molecule has 2 rings (SSSR count). The molecule has 2 aromatic rings. The predicted molar refractivity (Wildman–Crippen MR) is 90.4 cm³/mol. The van der Waals surface area contributed by atoms with Crippen molar-refractivity contribution >= 4 is 11.6 Å². The number of halogens is 1. The second-order valence-corrected chi connectivity index (χ2v) is 5.73. The Hall–Kier alpha value is -1.39. The molecule has 0 aliphatic heterocycles. The third kappa shape index (κ3) is 9.21. The summed E-state index contributed by atoms with van der Waals surface area (Å²) in [4.78, 5) is 3.80. The molecule has 0 spiro atoms. The van der Waals surface area contributed by atoms with E-state index in [-0.39, 0.29) is 26.4 Å². The van der Waals surface area contributed by atoms with Crippen molar-refractivity contribution < 1.29 is 5.11 Å². The van der Waals surface area contributed by atoms with Crippen molar-refractivity contribution in [2.45, 2.75) is 48.3 Å². The summed E-state index contributed by atoms with van der Waals surface area (Å²) in [6.07, 6.45) is 2.68. The van der Waals surface area contributed by atoms with Crippen molar-refractivity contribution in [1.29, 1.82) is 0 Å². The first-order valence-electron chi connectivity index (χ1n) is 6.10. The van der Waals surface area contributed by atoms with Gasteiger partial charge in [-0.05, 0) is 17.5 Å². The van der Waals surface area contributed by atoms with Crippen LogP contribution in [0.2, 0.25) is 5.02 Å². The van der Waals surface area contributed by atoms with E-state index in [9.17, 15) is 5.11 Å². The number of hydrogen-bond acceptors (Lipinski definition) is 3. The summed E-state index contributed by atoms with van der Waals surface area (Å²) in [7, 11) is 0. The van der Waals surface area contributed by atoms with Gasteiger partial charge >= 0.3 is 0 Å². The monoisotopic (exact) mass is 313 g/mol. The molecule has 0 saturated heterocycles. The zero-order valence-corrected chi connectivity index (χ0v) is 12.2. The summed E-state index contributed by atoms with van der Waals surface area (Å²) in [6.45, 7) is 6.49. The fourth-order valence-electron chi connectivity index (χ4n) is 1.19. The van der Waals surface area contributed by atoms with Gasteiger partial charge in [-0.15, -0.1) is 0 Å². The Morgan fingerprint density at radius 2 is 1.76 bits per heavy atom. The highest BCUT2D eigenvalue weighted by molar-refractivity contribution is 6.30. The van der Waals surface area contributed by atoms with Crippen LogP contribution >= 0.6 is 11.6 Å². The Balaban J connectivity index is 0. The lowest BCUT2D eigenvalue weighted by Crippen LogP contribution is -2.30. The van der Waals surface area contributed by atoms with E-state index in [1.807, 2.05) is 51.1 Å². The zero-order chi connectivity index (χ0) is 14.3. The molecule has 0 fully saturated rings. The summed E-state index contributed by atoms with van der Waals surface area (Å²) in [5.41, 5.74) is -0.105. The number of nitrogens with zero attached hydrogens (tertiary/aromatic N) is 3. The molecule has 5 heteroatoms. The second kappa shape index (κ2) is 10.4. The largest absolute Gasteiger partial charge is 0.391 e. The van der Waals surface area contributed by atoms with Gasteiger partial charge in [0.15, 0.2) is 0 Å². The van der Waals surface area contributed by atoms with Crippen LogP contribution < -0.4 is 0 Å². The number of benzene rings is 1. The highest BCUT2D eigenvalue weighted by Crippen LogP contribution is 2.19. The molecular weight excluding hydrogens is 286 g/mol. The van der Waals surface area contributed by atoms with Gasteiger partial charge in [-0.3, -0.25) is 4.68 Å². The van der Waals surface area contributed by atoms with Crippen molar-refractivity contribution in [2.75, 3.05) is 0 Å². The van der Waals surface area contributed by atoms with Crippen molar-refractivity contribution in [3.63, 3.8) is 0 Å². The summed E-state index contributed by atoms with van der Waals surface area (Å²) in [5.74, 6) is 0. The number of aliphatic hydroxyl groups excluding tert-OH is 1. The van der Waals surface area contributed by atoms with Gasteiger partial charge in [-0.2, -0.15) is 5.10 Å². The molecule has 21 heavy (non-hydrogen) atoms. The molecule has 1 aromatic carbocycles. The summed E-state index contributed by atoms with van der Waals surface area (Å²) in [5, 5.41) is 14.4. The van der Waals surface area contributed by atoms with E-state index in [1.54, 1.807) is 11.0 Å². The van der Waals surface area contributed by atoms with Gasteiger partial charge in [0, 0.05) is 5.02 Å². The van der Waals surface area contributed by atoms with Gasteiger partial charge in [0.25, 0.3) is 0 Å². The summed E-state index contributed by atoms with van der Waals surface area (Å²) < 4.78 is 1.63. The molecule has 0 aliphatic carbocycles. The lowest BCUT2D eigenvalue weighted by Gasteiger charge is -2.25. The molecule has 0 saturated carbocycles. The first-order valence-corrected chi connectivity index (χ1v) is 6.48. The van der Waals surface area contributed by atoms with E-state index in [2.05, 4.69) is 10.1 Å². The molecule has 0 bridgehead atoms. The van der Waals surface area contributed by atoms with E-state index in [0.717, 1.165) is 5.02 Å². The lowest BCUT2D eigenvalue weighted by atomic mass is 9.89. The SMILES string of the molecule is C.C.CC(C)(C)C(O)Cn1cncn1.Clc1ccccc1. The molecule has 4 nitrogen and oxygen atoms in total. The van der Waals surface area contributed by atoms with E-state index in [0.29, 0.717) is 6.54 Å². The smallest absolute Gasteiger partial charge is 0.137 e. The number of aromatic nitrogens is 3. The Labute approximate surface area is 133 Å². The fourth-order valence-corrected chi connectivity index (χ4v) is 1.34. The maximum absolute atomic E-state index is 9.67. The van der Waals surface area contributed by atoms with E-state index >= 15 is 0 Å². The predicted octanol–water partition coefficient (Wildman–Crippen LogP) is 4.30. The van der Waals surface area contributed by atoms with Crippen LogP contribution in [0.5, 0.6) is 0 Å². The number of aliphatic hydroxyl groups is 1. The van der Waals surface area contributed by atoms with E-state index in [1.165, 1.54) is 6.33 Å². The van der Waals surface area contributed by atoms with Crippen LogP contribution in [0.25, 0.3) is 0 Å². The first kappa shape index (κ1) is 21.9. The average Bonchev–Trinajstić information content (AvgIpc) is 2.82. The Morgan fingerprint density at radius 1 is 1.19 bits per heavy atom. The molecule has 1 N–H and O–H groups in total. The molecule has 120 valence electrons. The molecule has 0 radical (unpaired) electrons. The molecule has 0 amide bonds. The minimum absolute atomic E-state index is 0. The van der Waals surface area contributed by atoms with Gasteiger partial charge in [-0.25, -0.2) is 4.98 Å². The van der Waals surface area contributed by atoms with Gasteiger partial charge < -0.3 is 5.11 Å². The minimum atomic E-state index is -0.390. The topological polar surface area (TPSA) is 50.9 Å². The van der Waals surface area contributed by atoms with E-state index < -0.39 is 0 Å². The van der Waals surface area contributed by atoms with Gasteiger partial charge in [-0.1, -0.05) is 65.4 Å². The molecule has 1 aromatic heterocycles. The quantitative estimate of drug-likeness (QED) is 0.899. The molecule has 1 heterocycles. The number of hydrogen-bond donors (Lipinski definition) is 1. The number of rotatable bonds is 2. The van der Waals surface area contributed by atoms with Gasteiger partial charge in [0.05, 0.1) is 12.6 Å². The average molecular weight is 314 g/mol. The van der Waals surface area contributed by atoms with Gasteiger partial charge in [0.2, 0.25) is 0 Å². The minimum Gasteiger partial charge on any atom is -0.391 e. The van der Waals surface area contributed by atoms with Crippen LogP contribution in [0.4, 0.5) is 0 Å². The first-order chi connectivity index (χ1) is 8.89. The van der Waals surface area contributed by atoms with Crippen LogP contribution in [0.1, 0.15) is 35.6 Å². The maximum Gasteiger partial charge on any atom is 0.137 e. The Morgan fingerprint density at radius 3 is 2.10 bits per heavy atom. The van der Waals surface area contributed by atoms with Crippen molar-refractivity contribution in [2.24, 2.45) is 5.41 Å².